The Balaban J connectivity index is 1.19. The van der Waals surface area contributed by atoms with Crippen LogP contribution < -0.4 is 27.2 Å². The molecule has 44 heavy (non-hydrogen) atoms. The lowest BCUT2D eigenvalue weighted by Crippen LogP contribution is -2.51. The molecule has 0 radical (unpaired) electrons. The third-order valence-electron chi connectivity index (χ3n) is 7.97. The number of benzene rings is 3. The van der Waals surface area contributed by atoms with Gasteiger partial charge >= 0.3 is 6.09 Å². The van der Waals surface area contributed by atoms with E-state index < -0.39 is 30.0 Å². The minimum atomic E-state index is -0.954. The van der Waals surface area contributed by atoms with Crippen LogP contribution in [0.2, 0.25) is 0 Å². The van der Waals surface area contributed by atoms with Gasteiger partial charge in [0.15, 0.2) is 0 Å². The van der Waals surface area contributed by atoms with Gasteiger partial charge in [0, 0.05) is 23.1 Å². The number of ether oxygens (including phenoxy) is 1. The molecule has 1 heterocycles. The molecule has 3 aromatic carbocycles. The van der Waals surface area contributed by atoms with Crippen molar-refractivity contribution in [3.8, 4) is 11.1 Å². The topological polar surface area (TPSA) is 155 Å². The van der Waals surface area contributed by atoms with Gasteiger partial charge in [-0.25, -0.2) is 4.79 Å². The first-order chi connectivity index (χ1) is 21.2. The number of amides is 3. The van der Waals surface area contributed by atoms with Gasteiger partial charge in [0.2, 0.25) is 17.4 Å². The Hall–Kier alpha value is -4.96. The van der Waals surface area contributed by atoms with Gasteiger partial charge in [0.05, 0.1) is 5.52 Å². The number of anilines is 1. The molecule has 0 saturated heterocycles. The predicted molar refractivity (Wildman–Crippen MR) is 170 cm³/mol. The van der Waals surface area contributed by atoms with Crippen LogP contribution >= 0.6 is 0 Å². The second-order valence-electron chi connectivity index (χ2n) is 11.1. The Bertz CT molecular complexity index is 1700. The van der Waals surface area contributed by atoms with E-state index >= 15 is 0 Å². The number of aromatic nitrogens is 1. The van der Waals surface area contributed by atoms with Crippen LogP contribution in [0, 0.1) is 6.92 Å². The van der Waals surface area contributed by atoms with Gasteiger partial charge in [0.1, 0.15) is 18.7 Å². The van der Waals surface area contributed by atoms with Crippen LogP contribution in [0.1, 0.15) is 48.8 Å². The maximum absolute atomic E-state index is 13.3. The number of hydrogen-bond donors (Lipinski definition) is 5. The fourth-order valence-corrected chi connectivity index (χ4v) is 5.68. The fourth-order valence-electron chi connectivity index (χ4n) is 5.68. The number of alkyl carbamates (subject to hydrolysis) is 1. The van der Waals surface area contributed by atoms with Crippen molar-refractivity contribution in [1.29, 1.82) is 0 Å². The van der Waals surface area contributed by atoms with Gasteiger partial charge < -0.3 is 31.4 Å². The molecule has 0 fully saturated rings. The van der Waals surface area contributed by atoms with Crippen molar-refractivity contribution in [1.82, 2.24) is 15.6 Å². The summed E-state index contributed by atoms with van der Waals surface area (Å²) in [5, 5.41) is 9.04. The zero-order chi connectivity index (χ0) is 31.2. The van der Waals surface area contributed by atoms with E-state index in [1.807, 2.05) is 49.4 Å². The molecule has 1 aliphatic rings. The van der Waals surface area contributed by atoms with Crippen molar-refractivity contribution in [2.24, 2.45) is 5.73 Å². The summed E-state index contributed by atoms with van der Waals surface area (Å²) in [6, 6.07) is 21.0. The third kappa shape index (κ3) is 6.81. The smallest absolute Gasteiger partial charge is 0.407 e. The zero-order valence-electron chi connectivity index (χ0n) is 24.8. The first-order valence-corrected chi connectivity index (χ1v) is 14.8. The number of rotatable bonds is 11. The highest BCUT2D eigenvalue weighted by atomic mass is 16.5. The van der Waals surface area contributed by atoms with Gasteiger partial charge in [-0.2, -0.15) is 0 Å². The van der Waals surface area contributed by atoms with Gasteiger partial charge in [0.25, 0.3) is 0 Å². The third-order valence-corrected chi connectivity index (χ3v) is 7.97. The number of aryl methyl sites for hydroxylation is 1. The average Bonchev–Trinajstić information content (AvgIpc) is 3.32. The molecule has 5 rings (SSSR count). The second-order valence-corrected chi connectivity index (χ2v) is 11.1. The first-order valence-electron chi connectivity index (χ1n) is 14.8. The Morgan fingerprint density at radius 3 is 2.27 bits per heavy atom. The Kier molecular flexibility index (Phi) is 9.40. The van der Waals surface area contributed by atoms with Crippen LogP contribution in [0.25, 0.3) is 22.0 Å². The maximum Gasteiger partial charge on any atom is 0.407 e. The first kappa shape index (κ1) is 30.5. The van der Waals surface area contributed by atoms with Crippen molar-refractivity contribution in [2.45, 2.75) is 51.1 Å². The standard InChI is InChI=1S/C34H37N5O5/c1-20-17-31(40)38-30-18-22(14-15-23(20)30)37-33(42)29(13-7-8-16-35)39-32(41)21(2)36-34(43)44-19-28-26-11-5-3-9-24(26)25-10-4-6-12-27(25)28/h3-6,9-12,14-15,17-18,21,28-29H,7-8,13,16,19,35H2,1-2H3,(H,36,43)(H,37,42)(H,38,40)(H,39,41)/t21?,29-/m0/s1. The molecule has 0 spiro atoms. The number of nitrogens with two attached hydrogens (primary N) is 1. The number of H-pyrrole nitrogens is 1. The normalized spacial score (nSPS) is 13.4. The molecule has 228 valence electrons. The van der Waals surface area contributed by atoms with Crippen LogP contribution in [-0.2, 0) is 14.3 Å². The SMILES string of the molecule is Cc1cc(=O)[nH]c2cc(NC(=O)[C@H](CCCCN)NC(=O)C(C)NC(=O)OCC3c4ccccc4-c4ccccc43)ccc12. The van der Waals surface area contributed by atoms with Crippen molar-refractivity contribution in [3.05, 3.63) is 99.8 Å². The van der Waals surface area contributed by atoms with Gasteiger partial charge in [-0.05, 0) is 79.6 Å². The van der Waals surface area contributed by atoms with Gasteiger partial charge in [-0.1, -0.05) is 54.6 Å². The van der Waals surface area contributed by atoms with E-state index in [9.17, 15) is 19.2 Å². The highest BCUT2D eigenvalue weighted by molar-refractivity contribution is 5.99. The molecule has 3 amide bonds. The summed E-state index contributed by atoms with van der Waals surface area (Å²) in [5.41, 5.74) is 11.7. The van der Waals surface area contributed by atoms with Crippen LogP contribution in [0.15, 0.2) is 77.6 Å². The van der Waals surface area contributed by atoms with Crippen molar-refractivity contribution in [2.75, 3.05) is 18.5 Å². The summed E-state index contributed by atoms with van der Waals surface area (Å²) in [4.78, 5) is 53.8. The molecule has 6 N–H and O–H groups in total. The highest BCUT2D eigenvalue weighted by Gasteiger charge is 2.30. The Morgan fingerprint density at radius 1 is 0.909 bits per heavy atom. The van der Waals surface area contributed by atoms with E-state index in [-0.39, 0.29) is 18.1 Å². The van der Waals surface area contributed by atoms with E-state index in [4.69, 9.17) is 10.5 Å². The fraction of sp³-hybridized carbons (Fsp3) is 0.294. The van der Waals surface area contributed by atoms with E-state index in [0.29, 0.717) is 37.0 Å². The predicted octanol–water partition coefficient (Wildman–Crippen LogP) is 4.32. The van der Waals surface area contributed by atoms with Gasteiger partial charge in [-0.15, -0.1) is 0 Å². The molecule has 1 aliphatic carbocycles. The van der Waals surface area contributed by atoms with Crippen LogP contribution in [0.5, 0.6) is 0 Å². The quantitative estimate of drug-likeness (QED) is 0.163. The minimum absolute atomic E-state index is 0.107. The maximum atomic E-state index is 13.3. The molecule has 0 saturated carbocycles. The summed E-state index contributed by atoms with van der Waals surface area (Å²) in [5.74, 6) is -1.05. The lowest BCUT2D eigenvalue weighted by molar-refractivity contribution is -0.127. The van der Waals surface area contributed by atoms with E-state index in [2.05, 4.69) is 33.1 Å². The molecule has 4 aromatic rings. The summed E-state index contributed by atoms with van der Waals surface area (Å²) >= 11 is 0. The molecule has 1 aromatic heterocycles. The molecule has 1 unspecified atom stereocenters. The molecular weight excluding hydrogens is 558 g/mol. The second kappa shape index (κ2) is 13.6. The molecule has 10 nitrogen and oxygen atoms in total. The van der Waals surface area contributed by atoms with E-state index in [1.165, 1.54) is 13.0 Å². The lowest BCUT2D eigenvalue weighted by atomic mass is 9.98. The monoisotopic (exact) mass is 595 g/mol. The van der Waals surface area contributed by atoms with E-state index in [1.54, 1.807) is 12.1 Å². The lowest BCUT2D eigenvalue weighted by Gasteiger charge is -2.22. The number of aromatic amines is 1. The number of fused-ring (bicyclic) bond motifs is 4. The minimum Gasteiger partial charge on any atom is -0.449 e. The Labute approximate surface area is 255 Å². The number of pyridine rings is 1. The summed E-state index contributed by atoms with van der Waals surface area (Å²) < 4.78 is 5.57. The summed E-state index contributed by atoms with van der Waals surface area (Å²) in [6.07, 6.45) is 0.937. The molecule has 2 atom stereocenters. The van der Waals surface area contributed by atoms with Crippen molar-refractivity contribution < 1.29 is 19.1 Å². The van der Waals surface area contributed by atoms with Crippen molar-refractivity contribution in [3.63, 3.8) is 0 Å². The molecular formula is C34H37N5O5. The van der Waals surface area contributed by atoms with Crippen LogP contribution in [0.4, 0.5) is 10.5 Å². The average molecular weight is 596 g/mol. The molecule has 0 bridgehead atoms. The highest BCUT2D eigenvalue weighted by Crippen LogP contribution is 2.44. The number of carbonyl (C=O) groups excluding carboxylic acids is 3. The number of hydrogen-bond acceptors (Lipinski definition) is 6. The van der Waals surface area contributed by atoms with Crippen molar-refractivity contribution >= 4 is 34.5 Å². The van der Waals surface area contributed by atoms with Gasteiger partial charge in [-0.3, -0.25) is 14.4 Å². The number of carbonyl (C=O) groups is 3. The summed E-state index contributed by atoms with van der Waals surface area (Å²) in [6.45, 7) is 3.96. The van der Waals surface area contributed by atoms with E-state index in [0.717, 1.165) is 33.2 Å². The molecule has 0 aliphatic heterocycles. The van der Waals surface area contributed by atoms with Crippen LogP contribution in [-0.4, -0.2) is 48.1 Å². The Morgan fingerprint density at radius 2 is 1.59 bits per heavy atom. The summed E-state index contributed by atoms with van der Waals surface area (Å²) in [7, 11) is 0. The number of nitrogens with one attached hydrogen (secondary N) is 4. The number of unbranched alkanes of at least 4 members (excludes halogenated alkanes) is 1. The van der Waals surface area contributed by atoms with Crippen LogP contribution in [0.3, 0.4) is 0 Å². The largest absolute Gasteiger partial charge is 0.449 e. The zero-order valence-corrected chi connectivity index (χ0v) is 24.8. The molecule has 10 heteroatoms.